The summed E-state index contributed by atoms with van der Waals surface area (Å²) in [6.07, 6.45) is 0.420. The number of ether oxygens (including phenoxy) is 2. The van der Waals surface area contributed by atoms with E-state index in [0.717, 1.165) is 5.56 Å². The highest BCUT2D eigenvalue weighted by atomic mass is 16.5. The van der Waals surface area contributed by atoms with E-state index in [1.165, 1.54) is 0 Å². The summed E-state index contributed by atoms with van der Waals surface area (Å²) in [7, 11) is 3.16. The van der Waals surface area contributed by atoms with Gasteiger partial charge < -0.3 is 14.8 Å². The van der Waals surface area contributed by atoms with Crippen LogP contribution in [0.5, 0.6) is 11.5 Å². The van der Waals surface area contributed by atoms with Crippen LogP contribution in [0.3, 0.4) is 0 Å². The highest BCUT2D eigenvalue weighted by Gasteiger charge is 2.12. The molecule has 1 N–H and O–H groups in total. The maximum atomic E-state index is 12.2. The van der Waals surface area contributed by atoms with Crippen LogP contribution >= 0.6 is 0 Å². The Labute approximate surface area is 131 Å². The fourth-order valence-electron chi connectivity index (χ4n) is 2.27. The molecule has 0 spiro atoms. The standard InChI is InChI=1S/C18H21NO3/c1-13(14-7-5-4-6-8-14)9-18(20)19-15-10-16(21-2)12-17(11-15)22-3/h4-8,10-13H,9H2,1-3H3,(H,19,20). The molecule has 0 aliphatic rings. The Morgan fingerprint density at radius 1 is 1.05 bits per heavy atom. The first-order chi connectivity index (χ1) is 10.6. The van der Waals surface area contributed by atoms with Crippen LogP contribution in [0, 0.1) is 0 Å². The topological polar surface area (TPSA) is 47.6 Å². The van der Waals surface area contributed by atoms with Crippen molar-refractivity contribution in [3.05, 3.63) is 54.1 Å². The van der Waals surface area contributed by atoms with E-state index in [1.807, 2.05) is 37.3 Å². The number of carbonyl (C=O) groups is 1. The zero-order valence-electron chi connectivity index (χ0n) is 13.1. The molecule has 2 aromatic carbocycles. The summed E-state index contributed by atoms with van der Waals surface area (Å²) < 4.78 is 10.4. The minimum atomic E-state index is -0.0355. The van der Waals surface area contributed by atoms with E-state index in [-0.39, 0.29) is 11.8 Å². The maximum Gasteiger partial charge on any atom is 0.224 e. The Hall–Kier alpha value is -2.49. The number of methoxy groups -OCH3 is 2. The van der Waals surface area contributed by atoms with Gasteiger partial charge in [-0.25, -0.2) is 0 Å². The van der Waals surface area contributed by atoms with Gasteiger partial charge in [-0.3, -0.25) is 4.79 Å². The lowest BCUT2D eigenvalue weighted by Crippen LogP contribution is -2.14. The van der Waals surface area contributed by atoms with Crippen LogP contribution in [0.2, 0.25) is 0 Å². The van der Waals surface area contributed by atoms with Gasteiger partial charge in [0.05, 0.1) is 14.2 Å². The van der Waals surface area contributed by atoms with Crippen LogP contribution in [0.4, 0.5) is 5.69 Å². The molecule has 1 unspecified atom stereocenters. The minimum absolute atomic E-state index is 0.0355. The molecule has 0 radical (unpaired) electrons. The summed E-state index contributed by atoms with van der Waals surface area (Å²) in [5.74, 6) is 1.41. The molecule has 2 rings (SSSR count). The van der Waals surface area contributed by atoms with Gasteiger partial charge in [0.2, 0.25) is 5.91 Å². The first-order valence-corrected chi connectivity index (χ1v) is 7.20. The molecule has 0 heterocycles. The van der Waals surface area contributed by atoms with Gasteiger partial charge in [0.15, 0.2) is 0 Å². The van der Waals surface area contributed by atoms with Crippen molar-refractivity contribution in [3.8, 4) is 11.5 Å². The number of nitrogens with one attached hydrogen (secondary N) is 1. The molecule has 4 heteroatoms. The van der Waals surface area contributed by atoms with E-state index in [4.69, 9.17) is 9.47 Å². The van der Waals surface area contributed by atoms with Crippen LogP contribution in [-0.2, 0) is 4.79 Å². The molecular formula is C18H21NO3. The normalized spacial score (nSPS) is 11.6. The quantitative estimate of drug-likeness (QED) is 0.881. The Morgan fingerprint density at radius 3 is 2.18 bits per heavy atom. The summed E-state index contributed by atoms with van der Waals surface area (Å²) >= 11 is 0. The monoisotopic (exact) mass is 299 g/mol. The molecule has 0 saturated carbocycles. The van der Waals surface area contributed by atoms with Crippen molar-refractivity contribution >= 4 is 11.6 Å². The first kappa shape index (κ1) is 15.9. The van der Waals surface area contributed by atoms with Gasteiger partial charge in [-0.05, 0) is 11.5 Å². The number of anilines is 1. The highest BCUT2D eigenvalue weighted by molar-refractivity contribution is 5.91. The number of hydrogen-bond donors (Lipinski definition) is 1. The molecule has 0 aromatic heterocycles. The van der Waals surface area contributed by atoms with Gasteiger partial charge >= 0.3 is 0 Å². The second kappa shape index (κ2) is 7.50. The number of benzene rings is 2. The zero-order chi connectivity index (χ0) is 15.9. The van der Waals surface area contributed by atoms with E-state index in [1.54, 1.807) is 32.4 Å². The lowest BCUT2D eigenvalue weighted by molar-refractivity contribution is -0.116. The van der Waals surface area contributed by atoms with Gasteiger partial charge in [0.25, 0.3) is 0 Å². The molecule has 0 aliphatic carbocycles. The smallest absolute Gasteiger partial charge is 0.224 e. The molecule has 0 saturated heterocycles. The third-order valence-electron chi connectivity index (χ3n) is 3.50. The van der Waals surface area contributed by atoms with Crippen molar-refractivity contribution in [3.63, 3.8) is 0 Å². The molecule has 22 heavy (non-hydrogen) atoms. The van der Waals surface area contributed by atoms with E-state index >= 15 is 0 Å². The fourth-order valence-corrected chi connectivity index (χ4v) is 2.27. The molecule has 4 nitrogen and oxygen atoms in total. The molecule has 0 aliphatic heterocycles. The van der Waals surface area contributed by atoms with E-state index < -0.39 is 0 Å². The number of carbonyl (C=O) groups excluding carboxylic acids is 1. The van der Waals surface area contributed by atoms with Crippen molar-refractivity contribution in [1.29, 1.82) is 0 Å². The SMILES string of the molecule is COc1cc(NC(=O)CC(C)c2ccccc2)cc(OC)c1. The summed E-state index contributed by atoms with van der Waals surface area (Å²) in [6, 6.07) is 15.3. The Kier molecular flexibility index (Phi) is 5.42. The van der Waals surface area contributed by atoms with Crippen molar-refractivity contribution in [2.24, 2.45) is 0 Å². The summed E-state index contributed by atoms with van der Waals surface area (Å²) in [5, 5.41) is 2.89. The molecular weight excluding hydrogens is 278 g/mol. The summed E-state index contributed by atoms with van der Waals surface area (Å²) in [5.41, 5.74) is 1.82. The van der Waals surface area contributed by atoms with Gasteiger partial charge in [0, 0.05) is 30.3 Å². The number of hydrogen-bond acceptors (Lipinski definition) is 3. The maximum absolute atomic E-state index is 12.2. The van der Waals surface area contributed by atoms with E-state index in [2.05, 4.69) is 5.32 Å². The summed E-state index contributed by atoms with van der Waals surface area (Å²) in [4.78, 5) is 12.2. The lowest BCUT2D eigenvalue weighted by Gasteiger charge is -2.13. The van der Waals surface area contributed by atoms with E-state index in [0.29, 0.717) is 23.6 Å². The van der Waals surface area contributed by atoms with Crippen LogP contribution in [0.25, 0.3) is 0 Å². The minimum Gasteiger partial charge on any atom is -0.497 e. The van der Waals surface area contributed by atoms with Crippen molar-refractivity contribution in [2.45, 2.75) is 19.3 Å². The van der Waals surface area contributed by atoms with Crippen LogP contribution in [0.15, 0.2) is 48.5 Å². The Balaban J connectivity index is 2.03. The largest absolute Gasteiger partial charge is 0.497 e. The molecule has 0 fully saturated rings. The molecule has 0 bridgehead atoms. The van der Waals surface area contributed by atoms with Crippen molar-refractivity contribution in [1.82, 2.24) is 0 Å². The first-order valence-electron chi connectivity index (χ1n) is 7.20. The molecule has 2 aromatic rings. The zero-order valence-corrected chi connectivity index (χ0v) is 13.1. The van der Waals surface area contributed by atoms with Crippen LogP contribution < -0.4 is 14.8 Å². The lowest BCUT2D eigenvalue weighted by atomic mass is 9.97. The third-order valence-corrected chi connectivity index (χ3v) is 3.50. The third kappa shape index (κ3) is 4.25. The van der Waals surface area contributed by atoms with Crippen LogP contribution in [-0.4, -0.2) is 20.1 Å². The van der Waals surface area contributed by atoms with Gasteiger partial charge in [-0.2, -0.15) is 0 Å². The average molecular weight is 299 g/mol. The van der Waals surface area contributed by atoms with Crippen molar-refractivity contribution in [2.75, 3.05) is 19.5 Å². The average Bonchev–Trinajstić information content (AvgIpc) is 2.55. The molecule has 1 amide bonds. The van der Waals surface area contributed by atoms with Gasteiger partial charge in [0.1, 0.15) is 11.5 Å². The highest BCUT2D eigenvalue weighted by Crippen LogP contribution is 2.26. The predicted octanol–water partition coefficient (Wildman–Crippen LogP) is 3.84. The Bertz CT molecular complexity index is 603. The molecule has 1 atom stereocenters. The van der Waals surface area contributed by atoms with Crippen LogP contribution in [0.1, 0.15) is 24.8 Å². The number of amides is 1. The molecule has 116 valence electrons. The van der Waals surface area contributed by atoms with Gasteiger partial charge in [-0.1, -0.05) is 37.3 Å². The fraction of sp³-hybridized carbons (Fsp3) is 0.278. The van der Waals surface area contributed by atoms with E-state index in [9.17, 15) is 4.79 Å². The predicted molar refractivity (Wildman–Crippen MR) is 87.6 cm³/mol. The van der Waals surface area contributed by atoms with Gasteiger partial charge in [-0.15, -0.1) is 0 Å². The summed E-state index contributed by atoms with van der Waals surface area (Å²) in [6.45, 7) is 2.04. The second-order valence-corrected chi connectivity index (χ2v) is 5.17. The Morgan fingerprint density at radius 2 is 1.64 bits per heavy atom. The number of rotatable bonds is 6. The second-order valence-electron chi connectivity index (χ2n) is 5.17. The van der Waals surface area contributed by atoms with Crippen molar-refractivity contribution < 1.29 is 14.3 Å².